The molecule has 1 aromatic rings. The van der Waals surface area contributed by atoms with Crippen molar-refractivity contribution in [1.29, 1.82) is 0 Å². The Morgan fingerprint density at radius 1 is 1.56 bits per heavy atom. The zero-order chi connectivity index (χ0) is 6.69. The van der Waals surface area contributed by atoms with E-state index in [4.69, 9.17) is 10.3 Å². The average Bonchev–Trinajstić information content (AvgIpc) is 1.89. The quantitative estimate of drug-likeness (QED) is 0.482. The van der Waals surface area contributed by atoms with Gasteiger partial charge in [0, 0.05) is 6.20 Å². The van der Waals surface area contributed by atoms with E-state index in [0.29, 0.717) is 0 Å². The Labute approximate surface area is 51.7 Å². The molecule has 1 aromatic heterocycles. The van der Waals surface area contributed by atoms with Crippen molar-refractivity contribution < 1.29 is 10.3 Å². The average molecular weight is 126 g/mol. The Morgan fingerprint density at radius 3 is 2.78 bits per heavy atom. The zero-order valence-corrected chi connectivity index (χ0v) is 4.57. The maximum absolute atomic E-state index is 8.83. The molecule has 1 rings (SSSR count). The van der Waals surface area contributed by atoms with Gasteiger partial charge in [-0.25, -0.2) is 10.5 Å². The van der Waals surface area contributed by atoms with Crippen LogP contribution in [-0.4, -0.2) is 15.3 Å². The highest BCUT2D eigenvalue weighted by Crippen LogP contribution is 2.16. The second kappa shape index (κ2) is 2.32. The third kappa shape index (κ3) is 1.09. The molecule has 0 spiro atoms. The van der Waals surface area contributed by atoms with Gasteiger partial charge < -0.3 is 5.11 Å². The second-order valence-corrected chi connectivity index (χ2v) is 1.48. The van der Waals surface area contributed by atoms with E-state index < -0.39 is 0 Å². The summed E-state index contributed by atoms with van der Waals surface area (Å²) in [6, 6.07) is 2.99. The van der Waals surface area contributed by atoms with Crippen molar-refractivity contribution in [3.05, 3.63) is 18.3 Å². The smallest absolute Gasteiger partial charge is 0.192 e. The number of aromatic nitrogens is 1. The highest BCUT2D eigenvalue weighted by Gasteiger charge is 1.95. The zero-order valence-electron chi connectivity index (χ0n) is 4.57. The summed E-state index contributed by atoms with van der Waals surface area (Å²) in [4.78, 5) is 3.59. The summed E-state index contributed by atoms with van der Waals surface area (Å²) in [5.41, 5.74) is 1.73. The van der Waals surface area contributed by atoms with Crippen molar-refractivity contribution in [1.82, 2.24) is 4.98 Å². The van der Waals surface area contributed by atoms with E-state index >= 15 is 0 Å². The highest BCUT2D eigenvalue weighted by molar-refractivity contribution is 5.45. The van der Waals surface area contributed by atoms with Crippen LogP contribution in [0.5, 0.6) is 5.75 Å². The largest absolute Gasteiger partial charge is 0.504 e. The van der Waals surface area contributed by atoms with Gasteiger partial charge in [0.15, 0.2) is 11.6 Å². The highest BCUT2D eigenvalue weighted by atomic mass is 16.5. The lowest BCUT2D eigenvalue weighted by molar-refractivity contribution is 0.377. The van der Waals surface area contributed by atoms with Crippen molar-refractivity contribution >= 4 is 5.82 Å². The Morgan fingerprint density at radius 2 is 2.33 bits per heavy atom. The van der Waals surface area contributed by atoms with E-state index in [-0.39, 0.29) is 11.6 Å². The maximum atomic E-state index is 8.83. The Hall–Kier alpha value is -1.29. The van der Waals surface area contributed by atoms with Crippen molar-refractivity contribution in [2.45, 2.75) is 0 Å². The summed E-state index contributed by atoms with van der Waals surface area (Å²) < 4.78 is 0. The molecule has 1 heterocycles. The van der Waals surface area contributed by atoms with E-state index in [1.54, 1.807) is 11.5 Å². The predicted molar refractivity (Wildman–Crippen MR) is 31.3 cm³/mol. The molecule has 0 saturated heterocycles. The number of anilines is 1. The fraction of sp³-hybridized carbons (Fsp3) is 0. The van der Waals surface area contributed by atoms with Gasteiger partial charge in [-0.1, -0.05) is 0 Å². The van der Waals surface area contributed by atoms with Crippen LogP contribution in [0.25, 0.3) is 0 Å². The molecule has 0 atom stereocenters. The van der Waals surface area contributed by atoms with Crippen LogP contribution in [-0.2, 0) is 0 Å². The first kappa shape index (κ1) is 5.84. The minimum absolute atomic E-state index is 0.0671. The minimum atomic E-state index is -0.0694. The lowest BCUT2D eigenvalue weighted by Gasteiger charge is -1.97. The second-order valence-electron chi connectivity index (χ2n) is 1.48. The first-order valence-corrected chi connectivity index (χ1v) is 2.38. The summed E-state index contributed by atoms with van der Waals surface area (Å²) in [6.07, 6.45) is 1.46. The molecule has 0 radical (unpaired) electrons. The standard InChI is InChI=1S/C5H6N2O2/c8-4-2-1-3-6-5(4)7-9/h1-3,8-9H,(H,6,7). The summed E-state index contributed by atoms with van der Waals surface area (Å²) in [5, 5.41) is 17.1. The van der Waals surface area contributed by atoms with Crippen molar-refractivity contribution in [3.63, 3.8) is 0 Å². The minimum Gasteiger partial charge on any atom is -0.504 e. The number of aromatic hydroxyl groups is 1. The molecule has 0 amide bonds. The van der Waals surface area contributed by atoms with Gasteiger partial charge in [-0.05, 0) is 12.1 Å². The van der Waals surface area contributed by atoms with Crippen molar-refractivity contribution in [2.24, 2.45) is 0 Å². The molecule has 0 saturated carbocycles. The lowest BCUT2D eigenvalue weighted by atomic mass is 10.4. The Kier molecular flexibility index (Phi) is 1.51. The van der Waals surface area contributed by atoms with Crippen LogP contribution in [0.1, 0.15) is 0 Å². The summed E-state index contributed by atoms with van der Waals surface area (Å²) in [5.74, 6) is -0.00231. The SMILES string of the molecule is ONc1ncccc1O. The van der Waals surface area contributed by atoms with Gasteiger partial charge in [-0.2, -0.15) is 0 Å². The molecule has 0 aliphatic carbocycles. The number of nitrogens with one attached hydrogen (secondary N) is 1. The molecule has 0 aliphatic rings. The molecule has 48 valence electrons. The molecule has 9 heavy (non-hydrogen) atoms. The molecule has 0 fully saturated rings. The molecule has 0 bridgehead atoms. The summed E-state index contributed by atoms with van der Waals surface area (Å²) >= 11 is 0. The van der Waals surface area contributed by atoms with Crippen LogP contribution in [0.2, 0.25) is 0 Å². The number of rotatable bonds is 1. The number of pyridine rings is 1. The predicted octanol–water partition coefficient (Wildman–Crippen LogP) is 0.588. The summed E-state index contributed by atoms with van der Waals surface area (Å²) in [6.45, 7) is 0. The van der Waals surface area contributed by atoms with Crippen molar-refractivity contribution in [2.75, 3.05) is 5.48 Å². The van der Waals surface area contributed by atoms with Crippen LogP contribution in [0.15, 0.2) is 18.3 Å². The fourth-order valence-electron chi connectivity index (χ4n) is 0.483. The number of nitrogens with zero attached hydrogens (tertiary/aromatic N) is 1. The molecule has 0 unspecified atom stereocenters. The van der Waals surface area contributed by atoms with Gasteiger partial charge in [0.25, 0.3) is 0 Å². The van der Waals surface area contributed by atoms with Crippen molar-refractivity contribution in [3.8, 4) is 5.75 Å². The van der Waals surface area contributed by atoms with E-state index in [9.17, 15) is 0 Å². The van der Waals surface area contributed by atoms with Crippen LogP contribution in [0.4, 0.5) is 5.82 Å². The number of hydrogen-bond acceptors (Lipinski definition) is 4. The summed E-state index contributed by atoms with van der Waals surface area (Å²) in [7, 11) is 0. The van der Waals surface area contributed by atoms with E-state index in [0.717, 1.165) is 0 Å². The first-order valence-electron chi connectivity index (χ1n) is 2.38. The van der Waals surface area contributed by atoms with Crippen LogP contribution in [0.3, 0.4) is 0 Å². The topological polar surface area (TPSA) is 65.4 Å². The number of hydrogen-bond donors (Lipinski definition) is 3. The van der Waals surface area contributed by atoms with E-state index in [1.807, 2.05) is 0 Å². The monoisotopic (exact) mass is 126 g/mol. The van der Waals surface area contributed by atoms with E-state index in [1.165, 1.54) is 12.3 Å². The normalized spacial score (nSPS) is 9.00. The van der Waals surface area contributed by atoms with Gasteiger partial charge in [0.2, 0.25) is 0 Å². The van der Waals surface area contributed by atoms with Crippen LogP contribution >= 0.6 is 0 Å². The maximum Gasteiger partial charge on any atom is 0.192 e. The Balaban J connectivity index is 3.01. The Bertz CT molecular complexity index is 202. The van der Waals surface area contributed by atoms with Gasteiger partial charge in [-0.15, -0.1) is 0 Å². The molecule has 3 N–H and O–H groups in total. The third-order valence-corrected chi connectivity index (χ3v) is 0.892. The van der Waals surface area contributed by atoms with Gasteiger partial charge in [-0.3, -0.25) is 5.21 Å². The molecule has 0 aromatic carbocycles. The van der Waals surface area contributed by atoms with Gasteiger partial charge in [0.1, 0.15) is 0 Å². The molecule has 4 heteroatoms. The first-order chi connectivity index (χ1) is 4.34. The molecule has 4 nitrogen and oxygen atoms in total. The molecule has 0 aliphatic heterocycles. The lowest BCUT2D eigenvalue weighted by Crippen LogP contribution is -1.91. The third-order valence-electron chi connectivity index (χ3n) is 0.892. The fourth-order valence-corrected chi connectivity index (χ4v) is 0.483. The van der Waals surface area contributed by atoms with Gasteiger partial charge >= 0.3 is 0 Å². The molecular weight excluding hydrogens is 120 g/mol. The van der Waals surface area contributed by atoms with E-state index in [2.05, 4.69) is 4.98 Å². The van der Waals surface area contributed by atoms with Gasteiger partial charge in [0.05, 0.1) is 0 Å². The van der Waals surface area contributed by atoms with Crippen LogP contribution in [0, 0.1) is 0 Å². The van der Waals surface area contributed by atoms with Crippen LogP contribution < -0.4 is 5.48 Å². The molecular formula is C5H6N2O2.